The fourth-order valence-corrected chi connectivity index (χ4v) is 2.75. The van der Waals surface area contributed by atoms with Gasteiger partial charge in [-0.2, -0.15) is 0 Å². The lowest BCUT2D eigenvalue weighted by Crippen LogP contribution is -2.37. The minimum absolute atomic E-state index is 0.0253. The van der Waals surface area contributed by atoms with Gasteiger partial charge in [0.05, 0.1) is 13.2 Å². The number of morpholine rings is 1. The monoisotopic (exact) mass is 351 g/mol. The van der Waals surface area contributed by atoms with Crippen LogP contribution in [0, 0.1) is 0 Å². The molecule has 0 saturated carbocycles. The van der Waals surface area contributed by atoms with Gasteiger partial charge in [-0.05, 0) is 23.1 Å². The third kappa shape index (κ3) is 4.55. The molecule has 0 spiro atoms. The highest BCUT2D eigenvalue weighted by molar-refractivity contribution is 6.06. The highest BCUT2D eigenvalue weighted by Crippen LogP contribution is 2.22. The van der Waals surface area contributed by atoms with Gasteiger partial charge in [-0.25, -0.2) is 9.97 Å². The summed E-state index contributed by atoms with van der Waals surface area (Å²) < 4.78 is 5.33. The van der Waals surface area contributed by atoms with Crippen LogP contribution in [0.4, 0.5) is 5.95 Å². The van der Waals surface area contributed by atoms with Crippen LogP contribution in [0.1, 0.15) is 42.3 Å². The van der Waals surface area contributed by atoms with E-state index in [1.165, 1.54) is 5.56 Å². The number of aromatic nitrogens is 2. The van der Waals surface area contributed by atoms with Gasteiger partial charge in [0.15, 0.2) is 5.78 Å². The molecule has 1 aliphatic rings. The van der Waals surface area contributed by atoms with E-state index < -0.39 is 0 Å². The van der Waals surface area contributed by atoms with Gasteiger partial charge in [0.1, 0.15) is 0 Å². The first-order valence-electron chi connectivity index (χ1n) is 8.91. The molecule has 2 heterocycles. The maximum absolute atomic E-state index is 12.3. The second-order valence-electron chi connectivity index (χ2n) is 7.44. The number of nitrogens with zero attached hydrogens (tertiary/aromatic N) is 3. The Bertz CT molecular complexity index is 768. The predicted molar refractivity (Wildman–Crippen MR) is 104 cm³/mol. The molecule has 1 saturated heterocycles. The van der Waals surface area contributed by atoms with Crippen LogP contribution in [0.5, 0.6) is 0 Å². The Morgan fingerprint density at radius 2 is 1.69 bits per heavy atom. The van der Waals surface area contributed by atoms with Crippen molar-refractivity contribution in [1.82, 2.24) is 9.97 Å². The van der Waals surface area contributed by atoms with Gasteiger partial charge < -0.3 is 9.64 Å². The molecule has 26 heavy (non-hydrogen) atoms. The van der Waals surface area contributed by atoms with E-state index in [9.17, 15) is 4.79 Å². The first-order valence-corrected chi connectivity index (χ1v) is 8.91. The topological polar surface area (TPSA) is 55.3 Å². The van der Waals surface area contributed by atoms with E-state index in [-0.39, 0.29) is 11.2 Å². The number of ketones is 1. The number of ether oxygens (including phenoxy) is 1. The summed E-state index contributed by atoms with van der Waals surface area (Å²) >= 11 is 0. The van der Waals surface area contributed by atoms with Crippen molar-refractivity contribution in [2.45, 2.75) is 26.2 Å². The SMILES string of the molecule is CC(C)(C)c1ccc(C(=O)/C=C/c2cnc(N3CCOCC3)nc2)cc1. The average molecular weight is 351 g/mol. The van der Waals surface area contributed by atoms with Gasteiger partial charge in [0, 0.05) is 36.6 Å². The molecule has 136 valence electrons. The lowest BCUT2D eigenvalue weighted by atomic mass is 9.86. The molecule has 1 fully saturated rings. The number of rotatable bonds is 4. The normalized spacial score (nSPS) is 15.4. The highest BCUT2D eigenvalue weighted by atomic mass is 16.5. The van der Waals surface area contributed by atoms with E-state index in [0.29, 0.717) is 24.7 Å². The van der Waals surface area contributed by atoms with Gasteiger partial charge in [0.25, 0.3) is 0 Å². The minimum Gasteiger partial charge on any atom is -0.378 e. The maximum atomic E-state index is 12.3. The largest absolute Gasteiger partial charge is 0.378 e. The van der Waals surface area contributed by atoms with Crippen molar-refractivity contribution in [3.8, 4) is 0 Å². The summed E-state index contributed by atoms with van der Waals surface area (Å²) in [7, 11) is 0. The van der Waals surface area contributed by atoms with E-state index in [1.54, 1.807) is 24.5 Å². The molecule has 0 atom stereocenters. The molecule has 0 radical (unpaired) electrons. The molecule has 0 aliphatic carbocycles. The van der Waals surface area contributed by atoms with Crippen LogP contribution < -0.4 is 4.90 Å². The standard InChI is InChI=1S/C21H25N3O2/c1-21(2,3)18-7-5-17(6-8-18)19(25)9-4-16-14-22-20(23-15-16)24-10-12-26-13-11-24/h4-9,14-15H,10-13H2,1-3H3/b9-4+. The van der Waals surface area contributed by atoms with Crippen LogP contribution in [0.25, 0.3) is 6.08 Å². The van der Waals surface area contributed by atoms with Crippen LogP contribution in [-0.2, 0) is 10.2 Å². The zero-order valence-corrected chi connectivity index (χ0v) is 15.6. The number of benzene rings is 1. The molecule has 1 aromatic heterocycles. The summed E-state index contributed by atoms with van der Waals surface area (Å²) in [5.41, 5.74) is 2.78. The summed E-state index contributed by atoms with van der Waals surface area (Å²) in [6.07, 6.45) is 6.80. The second-order valence-corrected chi connectivity index (χ2v) is 7.44. The maximum Gasteiger partial charge on any atom is 0.225 e. The number of anilines is 1. The van der Waals surface area contributed by atoms with Crippen molar-refractivity contribution in [3.63, 3.8) is 0 Å². The fourth-order valence-electron chi connectivity index (χ4n) is 2.75. The lowest BCUT2D eigenvalue weighted by molar-refractivity contribution is 0.104. The lowest BCUT2D eigenvalue weighted by Gasteiger charge is -2.26. The van der Waals surface area contributed by atoms with Crippen LogP contribution in [0.15, 0.2) is 42.7 Å². The molecule has 0 N–H and O–H groups in total. The van der Waals surface area contributed by atoms with Gasteiger partial charge >= 0.3 is 0 Å². The quantitative estimate of drug-likeness (QED) is 0.623. The predicted octanol–water partition coefficient (Wildman–Crippen LogP) is 3.51. The summed E-state index contributed by atoms with van der Waals surface area (Å²) in [5.74, 6) is 0.678. The summed E-state index contributed by atoms with van der Waals surface area (Å²) in [6, 6.07) is 7.79. The van der Waals surface area contributed by atoms with Crippen molar-refractivity contribution in [1.29, 1.82) is 0 Å². The molecule has 2 aromatic rings. The second kappa shape index (κ2) is 7.79. The summed E-state index contributed by atoms with van der Waals surface area (Å²) in [6.45, 7) is 9.48. The van der Waals surface area contributed by atoms with Crippen molar-refractivity contribution in [3.05, 3.63) is 59.4 Å². The Hall–Kier alpha value is -2.53. The first kappa shape index (κ1) is 18.3. The molecule has 1 aliphatic heterocycles. The van der Waals surface area contributed by atoms with E-state index in [4.69, 9.17) is 4.74 Å². The zero-order valence-electron chi connectivity index (χ0n) is 15.6. The van der Waals surface area contributed by atoms with Crippen molar-refractivity contribution < 1.29 is 9.53 Å². The summed E-state index contributed by atoms with van der Waals surface area (Å²) in [4.78, 5) is 23.2. The highest BCUT2D eigenvalue weighted by Gasteiger charge is 2.14. The van der Waals surface area contributed by atoms with Gasteiger partial charge in [-0.1, -0.05) is 45.0 Å². The van der Waals surface area contributed by atoms with E-state index in [1.807, 2.05) is 24.3 Å². The first-order chi connectivity index (χ1) is 12.4. The molecule has 5 nitrogen and oxygen atoms in total. The molecule has 5 heteroatoms. The number of carbonyl (C=O) groups is 1. The van der Waals surface area contributed by atoms with Crippen molar-refractivity contribution >= 4 is 17.8 Å². The van der Waals surface area contributed by atoms with Crippen molar-refractivity contribution in [2.24, 2.45) is 0 Å². The number of hydrogen-bond donors (Lipinski definition) is 0. The molecule has 3 rings (SSSR count). The Morgan fingerprint density at radius 1 is 1.08 bits per heavy atom. The fraction of sp³-hybridized carbons (Fsp3) is 0.381. The summed E-state index contributed by atoms with van der Waals surface area (Å²) in [5, 5.41) is 0. The van der Waals surface area contributed by atoms with Crippen LogP contribution in [0.2, 0.25) is 0 Å². The Morgan fingerprint density at radius 3 is 2.27 bits per heavy atom. The van der Waals surface area contributed by atoms with E-state index in [0.717, 1.165) is 18.7 Å². The molecular formula is C21H25N3O2. The molecule has 1 aromatic carbocycles. The number of carbonyl (C=O) groups excluding carboxylic acids is 1. The van der Waals surface area contributed by atoms with Gasteiger partial charge in [0.2, 0.25) is 5.95 Å². The molecule has 0 amide bonds. The Labute approximate surface area is 154 Å². The number of hydrogen-bond acceptors (Lipinski definition) is 5. The smallest absolute Gasteiger partial charge is 0.225 e. The molecular weight excluding hydrogens is 326 g/mol. The number of allylic oxidation sites excluding steroid dienone is 1. The van der Waals surface area contributed by atoms with Crippen LogP contribution in [0.3, 0.4) is 0 Å². The third-order valence-corrected chi connectivity index (χ3v) is 4.41. The zero-order chi connectivity index (χ0) is 18.6. The van der Waals surface area contributed by atoms with Crippen LogP contribution in [-0.4, -0.2) is 42.1 Å². The van der Waals surface area contributed by atoms with Gasteiger partial charge in [-0.15, -0.1) is 0 Å². The van der Waals surface area contributed by atoms with E-state index in [2.05, 4.69) is 35.6 Å². The van der Waals surface area contributed by atoms with E-state index >= 15 is 0 Å². The molecule has 0 unspecified atom stereocenters. The average Bonchev–Trinajstić information content (AvgIpc) is 2.66. The van der Waals surface area contributed by atoms with Crippen molar-refractivity contribution in [2.75, 3.05) is 31.2 Å². The van der Waals surface area contributed by atoms with Gasteiger partial charge in [-0.3, -0.25) is 4.79 Å². The Balaban J connectivity index is 1.64. The minimum atomic E-state index is -0.0253. The Kier molecular flexibility index (Phi) is 5.47. The van der Waals surface area contributed by atoms with Crippen LogP contribution >= 0.6 is 0 Å². The third-order valence-electron chi connectivity index (χ3n) is 4.41. The molecule has 0 bridgehead atoms.